The molecule has 0 saturated carbocycles. The van der Waals surface area contributed by atoms with Crippen molar-refractivity contribution in [2.24, 2.45) is 5.41 Å². The predicted octanol–water partition coefficient (Wildman–Crippen LogP) is 3.74. The second-order valence-electron chi connectivity index (χ2n) is 5.74. The van der Waals surface area contributed by atoms with E-state index >= 15 is 0 Å². The standard InChI is InChI=1S/C17H12O2/c1-17(2)15(18)12-8-7-11-9-5-3-4-6-10(9)13(11)14(12)16(17)19/h3-8H,1-2H3. The Morgan fingerprint density at radius 3 is 2.05 bits per heavy atom. The molecule has 2 aromatic carbocycles. The van der Waals surface area contributed by atoms with Crippen molar-refractivity contribution in [3.05, 3.63) is 47.5 Å². The lowest BCUT2D eigenvalue weighted by Crippen LogP contribution is -2.25. The van der Waals surface area contributed by atoms with Crippen LogP contribution in [0.15, 0.2) is 36.4 Å². The first-order chi connectivity index (χ1) is 9.03. The van der Waals surface area contributed by atoms with Crippen LogP contribution >= 0.6 is 0 Å². The van der Waals surface area contributed by atoms with Gasteiger partial charge in [-0.2, -0.15) is 0 Å². The van der Waals surface area contributed by atoms with Crippen molar-refractivity contribution in [3.63, 3.8) is 0 Å². The summed E-state index contributed by atoms with van der Waals surface area (Å²) in [5.74, 6) is -0.0986. The number of Topliss-reactive ketones (excluding diaryl/α,β-unsaturated/α-hetero) is 2. The van der Waals surface area contributed by atoms with E-state index in [2.05, 4.69) is 6.07 Å². The molecule has 0 unspecified atom stereocenters. The van der Waals surface area contributed by atoms with Crippen LogP contribution in [0.1, 0.15) is 34.6 Å². The fraction of sp³-hybridized carbons (Fsp3) is 0.176. The topological polar surface area (TPSA) is 34.1 Å². The van der Waals surface area contributed by atoms with Crippen molar-refractivity contribution in [1.29, 1.82) is 0 Å². The van der Waals surface area contributed by atoms with Gasteiger partial charge in [-0.05, 0) is 36.6 Å². The molecular weight excluding hydrogens is 236 g/mol. The van der Waals surface area contributed by atoms with Gasteiger partial charge in [-0.15, -0.1) is 0 Å². The lowest BCUT2D eigenvalue weighted by molar-refractivity contribution is 0.0746. The number of carbonyl (C=O) groups is 2. The molecule has 4 rings (SSSR count). The van der Waals surface area contributed by atoms with E-state index in [1.165, 1.54) is 5.56 Å². The average Bonchev–Trinajstić information content (AvgIpc) is 2.56. The van der Waals surface area contributed by atoms with Crippen molar-refractivity contribution < 1.29 is 9.59 Å². The minimum absolute atomic E-state index is 0.0427. The molecule has 0 saturated heterocycles. The summed E-state index contributed by atoms with van der Waals surface area (Å²) in [6, 6.07) is 11.8. The number of hydrogen-bond acceptors (Lipinski definition) is 2. The Bertz CT molecular complexity index is 782. The van der Waals surface area contributed by atoms with Gasteiger partial charge in [0.25, 0.3) is 0 Å². The summed E-state index contributed by atoms with van der Waals surface area (Å²) < 4.78 is 0. The maximum atomic E-state index is 12.5. The van der Waals surface area contributed by atoms with E-state index in [1.807, 2.05) is 24.3 Å². The quantitative estimate of drug-likeness (QED) is 0.568. The normalized spacial score (nSPS) is 17.6. The van der Waals surface area contributed by atoms with Crippen LogP contribution in [-0.2, 0) is 0 Å². The van der Waals surface area contributed by atoms with Crippen molar-refractivity contribution >= 4 is 11.6 Å². The van der Waals surface area contributed by atoms with Crippen LogP contribution in [0.3, 0.4) is 0 Å². The van der Waals surface area contributed by atoms with Crippen LogP contribution in [0.25, 0.3) is 22.3 Å². The zero-order valence-electron chi connectivity index (χ0n) is 10.8. The number of fused-ring (bicyclic) bond motifs is 6. The third-order valence-corrected chi connectivity index (χ3v) is 4.30. The molecule has 0 spiro atoms. The first-order valence-corrected chi connectivity index (χ1v) is 6.40. The van der Waals surface area contributed by atoms with Crippen LogP contribution in [0.2, 0.25) is 0 Å². The molecule has 0 N–H and O–H groups in total. The lowest BCUT2D eigenvalue weighted by atomic mass is 9.76. The molecule has 0 heterocycles. The molecule has 0 amide bonds. The summed E-state index contributed by atoms with van der Waals surface area (Å²) >= 11 is 0. The minimum Gasteiger partial charge on any atom is -0.293 e. The van der Waals surface area contributed by atoms with Crippen molar-refractivity contribution in [2.45, 2.75) is 13.8 Å². The fourth-order valence-electron chi connectivity index (χ4n) is 3.16. The van der Waals surface area contributed by atoms with Gasteiger partial charge < -0.3 is 0 Å². The summed E-state index contributed by atoms with van der Waals surface area (Å²) in [4.78, 5) is 24.8. The maximum Gasteiger partial charge on any atom is 0.177 e. The van der Waals surface area contributed by atoms with Crippen LogP contribution in [0, 0.1) is 5.41 Å². The van der Waals surface area contributed by atoms with Gasteiger partial charge in [-0.3, -0.25) is 9.59 Å². The first-order valence-electron chi connectivity index (χ1n) is 6.40. The fourth-order valence-corrected chi connectivity index (χ4v) is 3.16. The molecule has 2 nitrogen and oxygen atoms in total. The summed E-state index contributed by atoms with van der Waals surface area (Å²) in [5, 5.41) is 0. The van der Waals surface area contributed by atoms with Gasteiger partial charge in [0.2, 0.25) is 0 Å². The third-order valence-electron chi connectivity index (χ3n) is 4.30. The Labute approximate surface area is 111 Å². The number of ketones is 2. The van der Waals surface area contributed by atoms with Crippen molar-refractivity contribution in [2.75, 3.05) is 0 Å². The highest BCUT2D eigenvalue weighted by atomic mass is 16.2. The van der Waals surface area contributed by atoms with Crippen LogP contribution < -0.4 is 0 Å². The van der Waals surface area contributed by atoms with Gasteiger partial charge >= 0.3 is 0 Å². The highest BCUT2D eigenvalue weighted by molar-refractivity contribution is 6.33. The molecule has 92 valence electrons. The van der Waals surface area contributed by atoms with E-state index in [1.54, 1.807) is 19.9 Å². The smallest absolute Gasteiger partial charge is 0.177 e. The Kier molecular flexibility index (Phi) is 1.70. The van der Waals surface area contributed by atoms with Gasteiger partial charge in [0.1, 0.15) is 0 Å². The van der Waals surface area contributed by atoms with Gasteiger partial charge in [-0.1, -0.05) is 30.3 Å². The van der Waals surface area contributed by atoms with E-state index < -0.39 is 5.41 Å². The Morgan fingerprint density at radius 2 is 1.32 bits per heavy atom. The van der Waals surface area contributed by atoms with Gasteiger partial charge in [0, 0.05) is 16.7 Å². The molecule has 2 aliphatic rings. The van der Waals surface area contributed by atoms with E-state index in [0.717, 1.165) is 16.7 Å². The van der Waals surface area contributed by atoms with E-state index in [4.69, 9.17) is 0 Å². The number of benzene rings is 2. The third kappa shape index (κ3) is 1.04. The molecule has 0 aromatic heterocycles. The van der Waals surface area contributed by atoms with Gasteiger partial charge in [0.05, 0.1) is 5.41 Å². The van der Waals surface area contributed by atoms with Crippen LogP contribution in [0.5, 0.6) is 0 Å². The van der Waals surface area contributed by atoms with Crippen molar-refractivity contribution in [1.82, 2.24) is 0 Å². The second-order valence-corrected chi connectivity index (χ2v) is 5.74. The zero-order chi connectivity index (χ0) is 13.4. The SMILES string of the molecule is CC1(C)C(=O)c2ccc3c(c2C1=O)-c1ccccc1-3. The van der Waals surface area contributed by atoms with Crippen molar-refractivity contribution in [3.8, 4) is 22.3 Å². The number of hydrogen-bond donors (Lipinski definition) is 0. The number of rotatable bonds is 0. The van der Waals surface area contributed by atoms with Crippen LogP contribution in [-0.4, -0.2) is 11.6 Å². The first kappa shape index (κ1) is 10.7. The molecule has 2 heteroatoms. The maximum absolute atomic E-state index is 12.5. The minimum atomic E-state index is -0.915. The lowest BCUT2D eigenvalue weighted by Gasteiger charge is -2.26. The molecule has 2 aliphatic carbocycles. The molecule has 0 fully saturated rings. The molecule has 0 bridgehead atoms. The molecular formula is C17H12O2. The average molecular weight is 248 g/mol. The summed E-state index contributed by atoms with van der Waals surface area (Å²) in [6.45, 7) is 3.43. The van der Waals surface area contributed by atoms with E-state index in [0.29, 0.717) is 11.1 Å². The molecule has 0 radical (unpaired) electrons. The highest BCUT2D eigenvalue weighted by Crippen LogP contribution is 2.53. The Hall–Kier alpha value is -2.22. The molecule has 19 heavy (non-hydrogen) atoms. The summed E-state index contributed by atoms with van der Waals surface area (Å²) in [6.07, 6.45) is 0. The highest BCUT2D eigenvalue weighted by Gasteiger charge is 2.48. The molecule has 0 aliphatic heterocycles. The summed E-state index contributed by atoms with van der Waals surface area (Å²) in [5.41, 5.74) is 4.63. The largest absolute Gasteiger partial charge is 0.293 e. The van der Waals surface area contributed by atoms with Gasteiger partial charge in [0.15, 0.2) is 11.6 Å². The Morgan fingerprint density at radius 1 is 0.684 bits per heavy atom. The second kappa shape index (κ2) is 3.02. The summed E-state index contributed by atoms with van der Waals surface area (Å²) in [7, 11) is 0. The zero-order valence-corrected chi connectivity index (χ0v) is 10.8. The predicted molar refractivity (Wildman–Crippen MR) is 73.3 cm³/mol. The Balaban J connectivity index is 2.06. The molecule has 0 atom stereocenters. The van der Waals surface area contributed by atoms with E-state index in [-0.39, 0.29) is 11.6 Å². The monoisotopic (exact) mass is 248 g/mol. The number of carbonyl (C=O) groups excluding carboxylic acids is 2. The molecule has 2 aromatic rings. The van der Waals surface area contributed by atoms with Crippen LogP contribution in [0.4, 0.5) is 0 Å². The van der Waals surface area contributed by atoms with Gasteiger partial charge in [-0.25, -0.2) is 0 Å². The van der Waals surface area contributed by atoms with E-state index in [9.17, 15) is 9.59 Å².